The van der Waals surface area contributed by atoms with Gasteiger partial charge in [0.2, 0.25) is 0 Å². The number of urea groups is 1. The van der Waals surface area contributed by atoms with E-state index in [4.69, 9.17) is 11.6 Å². The van der Waals surface area contributed by atoms with Gasteiger partial charge in [0.05, 0.1) is 22.7 Å². The summed E-state index contributed by atoms with van der Waals surface area (Å²) in [7, 11) is -3.07. The third kappa shape index (κ3) is 4.06. The van der Waals surface area contributed by atoms with Gasteiger partial charge in [0, 0.05) is 16.0 Å². The predicted octanol–water partition coefficient (Wildman–Crippen LogP) is 3.16. The van der Waals surface area contributed by atoms with Crippen LogP contribution in [0, 0.1) is 0 Å². The number of thiazole rings is 1. The lowest BCUT2D eigenvalue weighted by molar-refractivity contribution is 0.242. The van der Waals surface area contributed by atoms with E-state index in [0.717, 1.165) is 11.3 Å². The minimum Gasteiger partial charge on any atom is -0.332 e. The number of carbonyl (C=O) groups excluding carboxylic acids is 1. The molecule has 128 valence electrons. The number of aromatic nitrogens is 1. The molecule has 1 fully saturated rings. The van der Waals surface area contributed by atoms with Crippen molar-refractivity contribution >= 4 is 43.9 Å². The fourth-order valence-corrected chi connectivity index (χ4v) is 5.53. The Morgan fingerprint density at radius 3 is 2.67 bits per heavy atom. The first-order chi connectivity index (χ1) is 11.2. The highest BCUT2D eigenvalue weighted by Gasteiger charge is 2.39. The molecular weight excluding hydrogens is 370 g/mol. The Labute approximate surface area is 149 Å². The molecule has 1 aliphatic heterocycles. The van der Waals surface area contributed by atoms with Crippen LogP contribution in [0.1, 0.15) is 13.3 Å². The second-order valence-corrected chi connectivity index (χ2v) is 9.51. The fourth-order valence-electron chi connectivity index (χ4n) is 2.60. The van der Waals surface area contributed by atoms with Gasteiger partial charge in [-0.25, -0.2) is 18.2 Å². The van der Waals surface area contributed by atoms with Crippen LogP contribution in [0.25, 0.3) is 11.3 Å². The molecule has 0 unspecified atom stereocenters. The molecule has 0 radical (unpaired) electrons. The van der Waals surface area contributed by atoms with E-state index in [0.29, 0.717) is 16.6 Å². The number of nitrogens with one attached hydrogen (secondary N) is 2. The Bertz CT molecular complexity index is 864. The Morgan fingerprint density at radius 2 is 2.04 bits per heavy atom. The quantitative estimate of drug-likeness (QED) is 0.849. The number of hydrogen-bond donors (Lipinski definition) is 2. The largest absolute Gasteiger partial charge is 0.332 e. The van der Waals surface area contributed by atoms with Crippen LogP contribution < -0.4 is 10.6 Å². The Hall–Kier alpha value is -1.64. The number of anilines is 1. The second-order valence-electron chi connectivity index (χ2n) is 6.03. The molecule has 1 aromatic heterocycles. The van der Waals surface area contributed by atoms with Gasteiger partial charge >= 0.3 is 6.03 Å². The molecule has 2 aromatic rings. The molecule has 0 bridgehead atoms. The van der Waals surface area contributed by atoms with E-state index in [9.17, 15) is 13.2 Å². The molecule has 2 N–H and O–H groups in total. The van der Waals surface area contributed by atoms with Crippen molar-refractivity contribution in [3.63, 3.8) is 0 Å². The highest BCUT2D eigenvalue weighted by molar-refractivity contribution is 7.91. The van der Waals surface area contributed by atoms with Crippen LogP contribution in [0.15, 0.2) is 29.6 Å². The third-order valence-electron chi connectivity index (χ3n) is 3.78. The van der Waals surface area contributed by atoms with Crippen LogP contribution in [0.5, 0.6) is 0 Å². The first-order valence-corrected chi connectivity index (χ1v) is 10.3. The molecule has 2 amide bonds. The van der Waals surface area contributed by atoms with Crippen LogP contribution >= 0.6 is 22.9 Å². The molecule has 0 aliphatic carbocycles. The van der Waals surface area contributed by atoms with E-state index in [1.54, 1.807) is 19.1 Å². The molecule has 1 saturated heterocycles. The van der Waals surface area contributed by atoms with E-state index >= 15 is 0 Å². The third-order valence-corrected chi connectivity index (χ3v) is 6.70. The zero-order valence-electron chi connectivity index (χ0n) is 12.9. The van der Waals surface area contributed by atoms with Crippen molar-refractivity contribution < 1.29 is 13.2 Å². The summed E-state index contributed by atoms with van der Waals surface area (Å²) in [6, 6.07) is 6.80. The SMILES string of the molecule is C[C@]1(NC(=O)Nc2nc(-c3ccc(Cl)cc3)cs2)CCS(=O)(=O)C1. The van der Waals surface area contributed by atoms with Crippen LogP contribution in [0.2, 0.25) is 5.02 Å². The van der Waals surface area contributed by atoms with Crippen LogP contribution in [0.3, 0.4) is 0 Å². The number of sulfone groups is 1. The number of rotatable bonds is 3. The highest BCUT2D eigenvalue weighted by atomic mass is 35.5. The summed E-state index contributed by atoms with van der Waals surface area (Å²) in [5.74, 6) is 0.0586. The molecule has 2 heterocycles. The number of benzene rings is 1. The van der Waals surface area contributed by atoms with Crippen LogP contribution in [-0.4, -0.2) is 36.5 Å². The van der Waals surface area contributed by atoms with Gasteiger partial charge in [0.15, 0.2) is 15.0 Å². The molecule has 0 saturated carbocycles. The second kappa shape index (κ2) is 6.34. The molecule has 0 spiro atoms. The van der Waals surface area contributed by atoms with Crippen molar-refractivity contribution in [3.8, 4) is 11.3 Å². The van der Waals surface area contributed by atoms with Crippen molar-refractivity contribution in [3.05, 3.63) is 34.7 Å². The van der Waals surface area contributed by atoms with Gasteiger partial charge < -0.3 is 5.32 Å². The van der Waals surface area contributed by atoms with E-state index < -0.39 is 21.4 Å². The van der Waals surface area contributed by atoms with Gasteiger partial charge in [-0.05, 0) is 25.5 Å². The highest BCUT2D eigenvalue weighted by Crippen LogP contribution is 2.27. The molecule has 1 atom stereocenters. The molecule has 3 rings (SSSR count). The van der Waals surface area contributed by atoms with Gasteiger partial charge in [-0.2, -0.15) is 0 Å². The monoisotopic (exact) mass is 385 g/mol. The van der Waals surface area contributed by atoms with E-state index in [-0.39, 0.29) is 11.5 Å². The summed E-state index contributed by atoms with van der Waals surface area (Å²) in [5, 5.41) is 8.32. The minimum atomic E-state index is -3.07. The van der Waals surface area contributed by atoms with Gasteiger partial charge in [0.1, 0.15) is 0 Å². The lowest BCUT2D eigenvalue weighted by atomic mass is 10.0. The van der Waals surface area contributed by atoms with E-state index in [1.165, 1.54) is 11.3 Å². The summed E-state index contributed by atoms with van der Waals surface area (Å²) in [6.45, 7) is 1.73. The summed E-state index contributed by atoms with van der Waals surface area (Å²) in [6.07, 6.45) is 0.413. The summed E-state index contributed by atoms with van der Waals surface area (Å²) in [5.41, 5.74) is 0.902. The van der Waals surface area contributed by atoms with E-state index in [2.05, 4.69) is 15.6 Å². The molecule has 1 aromatic carbocycles. The summed E-state index contributed by atoms with van der Waals surface area (Å²) in [4.78, 5) is 16.5. The number of hydrogen-bond acceptors (Lipinski definition) is 5. The first-order valence-electron chi connectivity index (χ1n) is 7.26. The van der Waals surface area contributed by atoms with Crippen molar-refractivity contribution in [2.75, 3.05) is 16.8 Å². The van der Waals surface area contributed by atoms with Crippen molar-refractivity contribution in [1.29, 1.82) is 0 Å². The first kappa shape index (κ1) is 17.2. The number of amides is 2. The normalized spacial score (nSPS) is 22.2. The Kier molecular flexibility index (Phi) is 4.54. The molecule has 24 heavy (non-hydrogen) atoms. The lowest BCUT2D eigenvalue weighted by Gasteiger charge is -2.23. The zero-order valence-corrected chi connectivity index (χ0v) is 15.3. The maximum atomic E-state index is 12.1. The number of nitrogens with zero attached hydrogens (tertiary/aromatic N) is 1. The molecule has 9 heteroatoms. The zero-order chi connectivity index (χ0) is 17.4. The molecule has 6 nitrogen and oxygen atoms in total. The fraction of sp³-hybridized carbons (Fsp3) is 0.333. The van der Waals surface area contributed by atoms with E-state index in [1.807, 2.05) is 17.5 Å². The maximum absolute atomic E-state index is 12.1. The van der Waals surface area contributed by atoms with Crippen LogP contribution in [-0.2, 0) is 9.84 Å². The van der Waals surface area contributed by atoms with Crippen molar-refractivity contribution in [2.45, 2.75) is 18.9 Å². The molecule has 1 aliphatic rings. The van der Waals surface area contributed by atoms with Gasteiger partial charge in [-0.1, -0.05) is 23.7 Å². The lowest BCUT2D eigenvalue weighted by Crippen LogP contribution is -2.48. The van der Waals surface area contributed by atoms with Crippen LogP contribution in [0.4, 0.5) is 9.93 Å². The topological polar surface area (TPSA) is 88.2 Å². The average Bonchev–Trinajstić information content (AvgIpc) is 3.04. The summed E-state index contributed by atoms with van der Waals surface area (Å²) < 4.78 is 23.2. The van der Waals surface area contributed by atoms with Gasteiger partial charge in [-0.3, -0.25) is 5.32 Å². The van der Waals surface area contributed by atoms with Crippen molar-refractivity contribution in [1.82, 2.24) is 10.3 Å². The maximum Gasteiger partial charge on any atom is 0.321 e. The summed E-state index contributed by atoms with van der Waals surface area (Å²) >= 11 is 7.16. The predicted molar refractivity (Wildman–Crippen MR) is 96.4 cm³/mol. The van der Waals surface area contributed by atoms with Gasteiger partial charge in [0.25, 0.3) is 0 Å². The Morgan fingerprint density at radius 1 is 1.33 bits per heavy atom. The number of halogens is 1. The van der Waals surface area contributed by atoms with Crippen molar-refractivity contribution in [2.24, 2.45) is 0 Å². The minimum absolute atomic E-state index is 0.0404. The molecular formula is C15H16ClN3O3S2. The standard InChI is InChI=1S/C15H16ClN3O3S2/c1-15(6-7-24(21,22)9-15)19-13(20)18-14-17-12(8-23-14)10-2-4-11(16)5-3-10/h2-5,8H,6-7,9H2,1H3,(H2,17,18,19,20)/t15-/m0/s1. The number of carbonyl (C=O) groups is 1. The smallest absolute Gasteiger partial charge is 0.321 e. The Balaban J connectivity index is 1.64. The van der Waals surface area contributed by atoms with Gasteiger partial charge in [-0.15, -0.1) is 11.3 Å². The average molecular weight is 386 g/mol.